The Hall–Kier alpha value is -2.00. The fraction of sp³-hybridized carbons (Fsp3) is 0.357. The first-order valence-corrected chi connectivity index (χ1v) is 5.84. The van der Waals surface area contributed by atoms with Crippen LogP contribution in [-0.4, -0.2) is 17.7 Å². The highest BCUT2D eigenvalue weighted by atomic mass is 19.4. The lowest BCUT2D eigenvalue weighted by Crippen LogP contribution is -2.06. The third-order valence-electron chi connectivity index (χ3n) is 2.36. The second-order valence-corrected chi connectivity index (χ2v) is 3.81. The van der Waals surface area contributed by atoms with Crippen LogP contribution in [0.2, 0.25) is 0 Å². The number of alkyl halides is 3. The smallest absolute Gasteiger partial charge is 0.416 e. The Morgan fingerprint density at radius 1 is 1.40 bits per heavy atom. The lowest BCUT2D eigenvalue weighted by molar-refractivity contribution is -0.142. The number of hydrogen-bond acceptors (Lipinski definition) is 3. The minimum atomic E-state index is -4.47. The molecule has 0 aliphatic rings. The zero-order valence-corrected chi connectivity index (χ0v) is 10.8. The standard InChI is InChI=1S/C14H13F3O3/c1-2-20-13(19)5-3-4-10-6-7-12(14(15,16)17)8-11(10)9-18/h6-8,18H,2,5,9H2,1H3. The van der Waals surface area contributed by atoms with E-state index in [1.807, 2.05) is 0 Å². The third-order valence-corrected chi connectivity index (χ3v) is 2.36. The van der Waals surface area contributed by atoms with E-state index in [1.165, 1.54) is 6.07 Å². The molecular formula is C14H13F3O3. The molecule has 0 spiro atoms. The van der Waals surface area contributed by atoms with Gasteiger partial charge in [0, 0.05) is 5.56 Å². The maximum absolute atomic E-state index is 12.5. The molecule has 0 bridgehead atoms. The van der Waals surface area contributed by atoms with Gasteiger partial charge in [-0.1, -0.05) is 11.8 Å². The first kappa shape index (κ1) is 16.1. The van der Waals surface area contributed by atoms with Gasteiger partial charge in [0.05, 0.1) is 18.8 Å². The van der Waals surface area contributed by atoms with Crippen molar-refractivity contribution in [1.82, 2.24) is 0 Å². The van der Waals surface area contributed by atoms with Crippen molar-refractivity contribution in [3.8, 4) is 11.8 Å². The molecule has 20 heavy (non-hydrogen) atoms. The number of halogens is 3. The van der Waals surface area contributed by atoms with Crippen molar-refractivity contribution in [3.63, 3.8) is 0 Å². The van der Waals surface area contributed by atoms with Crippen LogP contribution >= 0.6 is 0 Å². The molecule has 0 aliphatic carbocycles. The van der Waals surface area contributed by atoms with E-state index in [4.69, 9.17) is 5.11 Å². The average Bonchev–Trinajstić information content (AvgIpc) is 2.38. The molecule has 0 unspecified atom stereocenters. The van der Waals surface area contributed by atoms with Gasteiger partial charge in [0.1, 0.15) is 6.42 Å². The molecule has 0 amide bonds. The lowest BCUT2D eigenvalue weighted by Gasteiger charge is -2.09. The minimum Gasteiger partial charge on any atom is -0.465 e. The summed E-state index contributed by atoms with van der Waals surface area (Å²) in [5.74, 6) is 4.55. The number of carbonyl (C=O) groups excluding carboxylic acids is 1. The van der Waals surface area contributed by atoms with Gasteiger partial charge in [-0.2, -0.15) is 13.2 Å². The predicted octanol–water partition coefficient (Wildman–Crippen LogP) is 2.50. The number of carbonyl (C=O) groups is 1. The highest BCUT2D eigenvalue weighted by Crippen LogP contribution is 2.30. The van der Waals surface area contributed by atoms with Crippen LogP contribution in [0.15, 0.2) is 18.2 Å². The van der Waals surface area contributed by atoms with Gasteiger partial charge in [0.15, 0.2) is 0 Å². The molecule has 108 valence electrons. The van der Waals surface area contributed by atoms with E-state index in [2.05, 4.69) is 16.6 Å². The summed E-state index contributed by atoms with van der Waals surface area (Å²) >= 11 is 0. The molecule has 1 aromatic rings. The maximum Gasteiger partial charge on any atom is 0.416 e. The molecule has 0 atom stereocenters. The van der Waals surface area contributed by atoms with Gasteiger partial charge < -0.3 is 9.84 Å². The van der Waals surface area contributed by atoms with Crippen LogP contribution in [0.3, 0.4) is 0 Å². The quantitative estimate of drug-likeness (QED) is 0.686. The van der Waals surface area contributed by atoms with Gasteiger partial charge in [0.2, 0.25) is 0 Å². The minimum absolute atomic E-state index is 0.0659. The van der Waals surface area contributed by atoms with Gasteiger partial charge in [-0.25, -0.2) is 0 Å². The number of ether oxygens (including phenoxy) is 1. The summed E-state index contributed by atoms with van der Waals surface area (Å²) in [7, 11) is 0. The SMILES string of the molecule is CCOC(=O)CC#Cc1ccc(C(F)(F)F)cc1CO. The van der Waals surface area contributed by atoms with Crippen molar-refractivity contribution < 1.29 is 27.8 Å². The second kappa shape index (κ2) is 6.96. The Balaban J connectivity index is 2.92. The molecule has 0 saturated carbocycles. The molecule has 1 aromatic carbocycles. The van der Waals surface area contributed by atoms with Crippen LogP contribution in [0.5, 0.6) is 0 Å². The molecule has 0 aliphatic heterocycles. The normalized spacial score (nSPS) is 10.7. The summed E-state index contributed by atoms with van der Waals surface area (Å²) in [5, 5.41) is 9.07. The lowest BCUT2D eigenvalue weighted by atomic mass is 10.0. The Morgan fingerprint density at radius 2 is 2.10 bits per heavy atom. The van der Waals surface area contributed by atoms with Gasteiger partial charge in [-0.15, -0.1) is 0 Å². The van der Waals surface area contributed by atoms with Gasteiger partial charge in [-0.3, -0.25) is 4.79 Å². The molecule has 1 N–H and O–H groups in total. The van der Waals surface area contributed by atoms with Crippen LogP contribution in [0, 0.1) is 11.8 Å². The molecule has 1 rings (SSSR count). The van der Waals surface area contributed by atoms with E-state index < -0.39 is 24.3 Å². The highest BCUT2D eigenvalue weighted by molar-refractivity contribution is 5.72. The monoisotopic (exact) mass is 286 g/mol. The molecule has 0 saturated heterocycles. The first-order chi connectivity index (χ1) is 9.38. The summed E-state index contributed by atoms with van der Waals surface area (Å²) in [6.07, 6.45) is -4.62. The highest BCUT2D eigenvalue weighted by Gasteiger charge is 2.30. The number of hydrogen-bond donors (Lipinski definition) is 1. The number of aliphatic hydroxyl groups excluding tert-OH is 1. The Labute approximate surface area is 114 Å². The van der Waals surface area contributed by atoms with E-state index in [-0.39, 0.29) is 24.2 Å². The largest absolute Gasteiger partial charge is 0.465 e. The van der Waals surface area contributed by atoms with Crippen molar-refractivity contribution in [2.75, 3.05) is 6.61 Å². The van der Waals surface area contributed by atoms with Crippen LogP contribution in [0.25, 0.3) is 0 Å². The number of rotatable bonds is 3. The number of aliphatic hydroxyl groups is 1. The Kier molecular flexibility index (Phi) is 5.59. The summed E-state index contributed by atoms with van der Waals surface area (Å²) in [4.78, 5) is 11.1. The Morgan fingerprint density at radius 3 is 2.65 bits per heavy atom. The topological polar surface area (TPSA) is 46.5 Å². The third kappa shape index (κ3) is 4.59. The van der Waals surface area contributed by atoms with E-state index in [1.54, 1.807) is 6.92 Å². The summed E-state index contributed by atoms with van der Waals surface area (Å²) < 4.78 is 42.2. The zero-order valence-electron chi connectivity index (χ0n) is 10.8. The Bertz CT molecular complexity index is 539. The molecule has 0 aromatic heterocycles. The summed E-state index contributed by atoms with van der Waals surface area (Å²) in [5.41, 5.74) is -0.529. The molecule has 0 radical (unpaired) electrons. The first-order valence-electron chi connectivity index (χ1n) is 5.84. The van der Waals surface area contributed by atoms with Crippen molar-refractivity contribution in [3.05, 3.63) is 34.9 Å². The zero-order chi connectivity index (χ0) is 15.2. The van der Waals surface area contributed by atoms with Crippen molar-refractivity contribution in [2.24, 2.45) is 0 Å². The average molecular weight is 286 g/mol. The van der Waals surface area contributed by atoms with Crippen molar-refractivity contribution >= 4 is 5.97 Å². The molecule has 6 heteroatoms. The molecular weight excluding hydrogens is 273 g/mol. The van der Waals surface area contributed by atoms with Crippen LogP contribution in [-0.2, 0) is 22.3 Å². The van der Waals surface area contributed by atoms with Gasteiger partial charge in [0.25, 0.3) is 0 Å². The summed E-state index contributed by atoms with van der Waals surface area (Å²) in [6, 6.07) is 2.90. The van der Waals surface area contributed by atoms with E-state index in [9.17, 15) is 18.0 Å². The van der Waals surface area contributed by atoms with E-state index in [0.29, 0.717) is 0 Å². The van der Waals surface area contributed by atoms with E-state index in [0.717, 1.165) is 12.1 Å². The predicted molar refractivity (Wildman–Crippen MR) is 65.5 cm³/mol. The van der Waals surface area contributed by atoms with E-state index >= 15 is 0 Å². The maximum atomic E-state index is 12.5. The van der Waals surface area contributed by atoms with Crippen molar-refractivity contribution in [2.45, 2.75) is 26.1 Å². The molecule has 0 fully saturated rings. The van der Waals surface area contributed by atoms with Crippen molar-refractivity contribution in [1.29, 1.82) is 0 Å². The van der Waals surface area contributed by atoms with Gasteiger partial charge in [-0.05, 0) is 30.7 Å². The fourth-order valence-corrected chi connectivity index (χ4v) is 1.45. The van der Waals surface area contributed by atoms with Gasteiger partial charge >= 0.3 is 12.1 Å². The van der Waals surface area contributed by atoms with Crippen LogP contribution < -0.4 is 0 Å². The fourth-order valence-electron chi connectivity index (χ4n) is 1.45. The summed E-state index contributed by atoms with van der Waals surface area (Å²) in [6.45, 7) is 1.33. The number of esters is 1. The van der Waals surface area contributed by atoms with Crippen LogP contribution in [0.1, 0.15) is 30.0 Å². The van der Waals surface area contributed by atoms with Crippen LogP contribution in [0.4, 0.5) is 13.2 Å². The molecule has 0 heterocycles. The second-order valence-electron chi connectivity index (χ2n) is 3.81. The molecule has 3 nitrogen and oxygen atoms in total. The number of benzene rings is 1.